The molecule has 1 aromatic carbocycles. The molecule has 0 bridgehead atoms. The number of carbonyl (C=O) groups excluding carboxylic acids is 1. The molecule has 0 radical (unpaired) electrons. The average molecular weight is 391 g/mol. The molecule has 128 valence electrons. The fourth-order valence-corrected chi connectivity index (χ4v) is 3.12. The number of benzene rings is 1. The van der Waals surface area contributed by atoms with Crippen LogP contribution in [0.2, 0.25) is 10.0 Å². The maximum absolute atomic E-state index is 12.5. The Kier molecular flexibility index (Phi) is 4.90. The predicted octanol–water partition coefficient (Wildman–Crippen LogP) is 3.21. The summed E-state index contributed by atoms with van der Waals surface area (Å²) in [7, 11) is 0. The van der Waals surface area contributed by atoms with Crippen molar-refractivity contribution in [2.75, 3.05) is 0 Å². The molecule has 3 rings (SSSR count). The van der Waals surface area contributed by atoms with Crippen molar-refractivity contribution >= 4 is 40.0 Å². The molecule has 24 heavy (non-hydrogen) atoms. The van der Waals surface area contributed by atoms with E-state index in [4.69, 9.17) is 39.5 Å². The topological polar surface area (TPSA) is 66.1 Å². The van der Waals surface area contributed by atoms with E-state index in [2.05, 4.69) is 5.10 Å². The van der Waals surface area contributed by atoms with E-state index in [-0.39, 0.29) is 21.5 Å². The van der Waals surface area contributed by atoms with Crippen LogP contribution in [-0.4, -0.2) is 25.7 Å². The minimum atomic E-state index is -0.884. The molecule has 0 saturated heterocycles. The minimum absolute atomic E-state index is 0.204. The van der Waals surface area contributed by atoms with Crippen LogP contribution in [0.25, 0.3) is 5.69 Å². The summed E-state index contributed by atoms with van der Waals surface area (Å²) in [5.41, 5.74) is 0.0820. The molecule has 1 atom stereocenters. The minimum Gasteiger partial charge on any atom is -0.480 e. The maximum atomic E-state index is 12.5. The molecule has 1 aromatic heterocycles. The molecule has 1 unspecified atom stereocenters. The molecule has 0 spiro atoms. The third kappa shape index (κ3) is 3.18. The van der Waals surface area contributed by atoms with Crippen LogP contribution in [-0.2, 0) is 17.8 Å². The van der Waals surface area contributed by atoms with E-state index in [1.54, 1.807) is 4.57 Å². The Morgan fingerprint density at radius 3 is 2.71 bits per heavy atom. The van der Waals surface area contributed by atoms with Crippen molar-refractivity contribution in [1.82, 2.24) is 14.3 Å². The number of aromatic nitrogens is 3. The number of rotatable bonds is 4. The zero-order valence-corrected chi connectivity index (χ0v) is 15.0. The Morgan fingerprint density at radius 2 is 2.04 bits per heavy atom. The van der Waals surface area contributed by atoms with Crippen LogP contribution in [0.4, 0.5) is 0 Å². The van der Waals surface area contributed by atoms with Gasteiger partial charge in [0.2, 0.25) is 0 Å². The molecule has 0 N–H and O–H groups in total. The molecule has 6 nitrogen and oxygen atoms in total. The SMILES string of the molecule is CC(Oc1cc(-n2nc3n(c2=O)CCCC3)c(Cl)cc1Cl)C(=O)Cl. The molecule has 1 aliphatic heterocycles. The van der Waals surface area contributed by atoms with E-state index in [0.29, 0.717) is 12.2 Å². The lowest BCUT2D eigenvalue weighted by atomic mass is 10.2. The number of hydrogen-bond acceptors (Lipinski definition) is 4. The van der Waals surface area contributed by atoms with Gasteiger partial charge in [-0.3, -0.25) is 9.36 Å². The molecule has 2 heterocycles. The summed E-state index contributed by atoms with van der Waals surface area (Å²) >= 11 is 17.7. The Labute approximate surface area is 152 Å². The summed E-state index contributed by atoms with van der Waals surface area (Å²) in [4.78, 5) is 23.7. The molecular weight excluding hydrogens is 377 g/mol. The van der Waals surface area contributed by atoms with E-state index < -0.39 is 11.3 Å². The molecule has 0 fully saturated rings. The Hall–Kier alpha value is -1.50. The van der Waals surface area contributed by atoms with E-state index in [1.807, 2.05) is 0 Å². The molecule has 1 aliphatic rings. The van der Waals surface area contributed by atoms with Gasteiger partial charge in [0.1, 0.15) is 11.6 Å². The summed E-state index contributed by atoms with van der Waals surface area (Å²) in [5, 5.41) is 4.17. The second kappa shape index (κ2) is 6.78. The molecule has 0 amide bonds. The lowest BCUT2D eigenvalue weighted by Crippen LogP contribution is -2.26. The molecule has 0 saturated carbocycles. The van der Waals surface area contributed by atoms with Gasteiger partial charge in [0.05, 0.1) is 15.7 Å². The van der Waals surface area contributed by atoms with E-state index in [9.17, 15) is 9.59 Å². The van der Waals surface area contributed by atoms with Gasteiger partial charge < -0.3 is 4.74 Å². The summed E-state index contributed by atoms with van der Waals surface area (Å²) in [6.07, 6.45) is 1.80. The highest BCUT2D eigenvalue weighted by atomic mass is 35.5. The van der Waals surface area contributed by atoms with Crippen molar-refractivity contribution in [3.63, 3.8) is 0 Å². The molecule has 0 aliphatic carbocycles. The van der Waals surface area contributed by atoms with Gasteiger partial charge in [0.15, 0.2) is 6.10 Å². The van der Waals surface area contributed by atoms with Gasteiger partial charge in [-0.05, 0) is 37.4 Å². The smallest absolute Gasteiger partial charge is 0.350 e. The number of aryl methyl sites for hydroxylation is 1. The first-order chi connectivity index (χ1) is 11.4. The zero-order chi connectivity index (χ0) is 17.4. The largest absolute Gasteiger partial charge is 0.480 e. The first kappa shape index (κ1) is 17.3. The number of halogens is 3. The average Bonchev–Trinajstić information content (AvgIpc) is 2.87. The monoisotopic (exact) mass is 389 g/mol. The Morgan fingerprint density at radius 1 is 1.29 bits per heavy atom. The van der Waals surface area contributed by atoms with Crippen LogP contribution in [0.5, 0.6) is 5.75 Å². The fraction of sp³-hybridized carbons (Fsp3) is 0.400. The predicted molar refractivity (Wildman–Crippen MR) is 91.7 cm³/mol. The second-order valence-electron chi connectivity index (χ2n) is 5.52. The second-order valence-corrected chi connectivity index (χ2v) is 6.70. The maximum Gasteiger partial charge on any atom is 0.350 e. The summed E-state index contributed by atoms with van der Waals surface area (Å²) in [6, 6.07) is 2.94. The molecule has 2 aromatic rings. The molecular formula is C15H14Cl3N3O3. The van der Waals surface area contributed by atoms with Crippen molar-refractivity contribution < 1.29 is 9.53 Å². The van der Waals surface area contributed by atoms with Crippen LogP contribution < -0.4 is 10.4 Å². The summed E-state index contributed by atoms with van der Waals surface area (Å²) in [6.45, 7) is 2.14. The number of nitrogens with zero attached hydrogens (tertiary/aromatic N) is 3. The van der Waals surface area contributed by atoms with Gasteiger partial charge in [-0.2, -0.15) is 4.68 Å². The van der Waals surface area contributed by atoms with Crippen molar-refractivity contribution in [2.24, 2.45) is 0 Å². The first-order valence-electron chi connectivity index (χ1n) is 7.42. The highest BCUT2D eigenvalue weighted by molar-refractivity contribution is 6.64. The molecule has 9 heteroatoms. The fourth-order valence-electron chi connectivity index (χ4n) is 2.56. The number of fused-ring (bicyclic) bond motifs is 1. The first-order valence-corrected chi connectivity index (χ1v) is 8.56. The van der Waals surface area contributed by atoms with E-state index in [0.717, 1.165) is 25.1 Å². The Bertz CT molecular complexity index is 860. The van der Waals surface area contributed by atoms with Crippen LogP contribution in [0.15, 0.2) is 16.9 Å². The normalized spacial score (nSPS) is 15.0. The summed E-state index contributed by atoms with van der Waals surface area (Å²) < 4.78 is 8.32. The zero-order valence-electron chi connectivity index (χ0n) is 12.8. The number of ether oxygens (including phenoxy) is 1. The number of carbonyl (C=O) groups is 1. The third-order valence-corrected chi connectivity index (χ3v) is 4.73. The van der Waals surface area contributed by atoms with Crippen LogP contribution in [0, 0.1) is 0 Å². The van der Waals surface area contributed by atoms with Crippen molar-refractivity contribution in [3.8, 4) is 11.4 Å². The van der Waals surface area contributed by atoms with Crippen LogP contribution in [0.3, 0.4) is 0 Å². The van der Waals surface area contributed by atoms with Gasteiger partial charge in [0.25, 0.3) is 5.24 Å². The van der Waals surface area contributed by atoms with E-state index in [1.165, 1.54) is 23.7 Å². The van der Waals surface area contributed by atoms with Crippen LogP contribution >= 0.6 is 34.8 Å². The van der Waals surface area contributed by atoms with Crippen molar-refractivity contribution in [1.29, 1.82) is 0 Å². The quantitative estimate of drug-likeness (QED) is 0.752. The van der Waals surface area contributed by atoms with Gasteiger partial charge >= 0.3 is 5.69 Å². The summed E-state index contributed by atoms with van der Waals surface area (Å²) in [5.74, 6) is 0.930. The van der Waals surface area contributed by atoms with Gasteiger partial charge in [-0.1, -0.05) is 23.2 Å². The van der Waals surface area contributed by atoms with Crippen molar-refractivity contribution in [2.45, 2.75) is 38.8 Å². The highest BCUT2D eigenvalue weighted by Crippen LogP contribution is 2.33. The van der Waals surface area contributed by atoms with Gasteiger partial charge in [0, 0.05) is 19.0 Å². The lowest BCUT2D eigenvalue weighted by molar-refractivity contribution is -0.117. The van der Waals surface area contributed by atoms with Crippen LogP contribution in [0.1, 0.15) is 25.6 Å². The van der Waals surface area contributed by atoms with Gasteiger partial charge in [-0.25, -0.2) is 4.79 Å². The van der Waals surface area contributed by atoms with Gasteiger partial charge in [-0.15, -0.1) is 5.10 Å². The standard InChI is InChI=1S/C15H14Cl3N3O3/c1-8(14(18)22)24-12-7-11(9(16)6-10(12)17)21-15(23)20-5-3-2-4-13(20)19-21/h6-8H,2-5H2,1H3. The lowest BCUT2D eigenvalue weighted by Gasteiger charge is -2.14. The van der Waals surface area contributed by atoms with Crippen molar-refractivity contribution in [3.05, 3.63) is 38.5 Å². The third-order valence-electron chi connectivity index (χ3n) is 3.82. The highest BCUT2D eigenvalue weighted by Gasteiger charge is 2.21. The Balaban J connectivity index is 2.07. The number of hydrogen-bond donors (Lipinski definition) is 0. The van der Waals surface area contributed by atoms with E-state index >= 15 is 0 Å².